The second-order valence-corrected chi connectivity index (χ2v) is 19.9. The molecule has 0 unspecified atom stereocenters. The van der Waals surface area contributed by atoms with E-state index in [1.54, 1.807) is 0 Å². The topological polar surface area (TPSA) is 39.2 Å². The number of hydrogen-bond donors (Lipinski definition) is 0. The third kappa shape index (κ3) is 5.30. The van der Waals surface area contributed by atoms with Gasteiger partial charge in [0.1, 0.15) is 11.2 Å². The largest absolute Gasteiger partial charge is 0.454 e. The van der Waals surface area contributed by atoms with Crippen molar-refractivity contribution in [1.29, 1.82) is 0 Å². The van der Waals surface area contributed by atoms with Gasteiger partial charge in [0.25, 0.3) is 13.4 Å². The molecular weight excluding hydrogens is 902 g/mol. The molecule has 17 rings (SSSR count). The van der Waals surface area contributed by atoms with E-state index in [9.17, 15) is 0 Å². The highest BCUT2D eigenvalue weighted by Crippen LogP contribution is 2.50. The highest BCUT2D eigenvalue weighted by molar-refractivity contribution is 7.03. The molecule has 0 amide bonds. The molecule has 0 spiro atoms. The summed E-state index contributed by atoms with van der Waals surface area (Å²) in [4.78, 5) is 9.93. The molecule has 0 bridgehead atoms. The maximum absolute atomic E-state index is 6.82. The van der Waals surface area contributed by atoms with Gasteiger partial charge in [0, 0.05) is 78.4 Å². The average Bonchev–Trinajstić information content (AvgIpc) is 4.06. The third-order valence-electron chi connectivity index (χ3n) is 16.2. The molecule has 74 heavy (non-hydrogen) atoms. The summed E-state index contributed by atoms with van der Waals surface area (Å²) >= 11 is 0. The van der Waals surface area contributed by atoms with Crippen molar-refractivity contribution < 1.29 is 8.83 Å². The number of nitrogens with zero attached hydrogens (tertiary/aromatic N) is 4. The number of para-hydroxylation sites is 8. The average molecular weight is 943 g/mol. The van der Waals surface area contributed by atoms with E-state index < -0.39 is 0 Å². The van der Waals surface area contributed by atoms with Crippen LogP contribution in [0.4, 0.5) is 68.2 Å². The minimum absolute atomic E-state index is 0.0911. The van der Waals surface area contributed by atoms with E-state index >= 15 is 0 Å². The fourth-order valence-corrected chi connectivity index (χ4v) is 13.3. The fraction of sp³-hybridized carbons (Fsp3) is 0. The molecule has 0 N–H and O–H groups in total. The number of anilines is 12. The Balaban J connectivity index is 0.949. The molecule has 6 heterocycles. The van der Waals surface area contributed by atoms with Gasteiger partial charge in [-0.1, -0.05) is 152 Å². The van der Waals surface area contributed by atoms with E-state index in [1.807, 2.05) is 0 Å². The van der Waals surface area contributed by atoms with Crippen LogP contribution in [-0.2, 0) is 0 Å². The van der Waals surface area contributed by atoms with Crippen molar-refractivity contribution in [3.05, 3.63) is 243 Å². The zero-order valence-corrected chi connectivity index (χ0v) is 39.9. The zero-order valence-electron chi connectivity index (χ0n) is 39.9. The lowest BCUT2D eigenvalue weighted by atomic mass is 9.30. The van der Waals surface area contributed by atoms with Gasteiger partial charge >= 0.3 is 0 Å². The van der Waals surface area contributed by atoms with Gasteiger partial charge in [0.2, 0.25) is 0 Å². The summed E-state index contributed by atoms with van der Waals surface area (Å²) in [7, 11) is 0. The first kappa shape index (κ1) is 40.0. The Morgan fingerprint density at radius 1 is 0.243 bits per heavy atom. The van der Waals surface area contributed by atoms with E-state index in [1.165, 1.54) is 32.8 Å². The van der Waals surface area contributed by atoms with Gasteiger partial charge in [0.15, 0.2) is 11.2 Å². The molecule has 4 aliphatic rings. The van der Waals surface area contributed by atoms with Crippen molar-refractivity contribution in [2.45, 2.75) is 0 Å². The van der Waals surface area contributed by atoms with Crippen LogP contribution in [0.1, 0.15) is 0 Å². The van der Waals surface area contributed by atoms with E-state index in [-0.39, 0.29) is 13.4 Å². The van der Waals surface area contributed by atoms with Crippen LogP contribution < -0.4 is 52.4 Å². The fourth-order valence-electron chi connectivity index (χ4n) is 13.3. The number of benzene rings is 11. The number of fused-ring (bicyclic) bond motifs is 14. The van der Waals surface area contributed by atoms with Crippen LogP contribution in [0, 0.1) is 0 Å². The van der Waals surface area contributed by atoms with Crippen molar-refractivity contribution in [2.24, 2.45) is 0 Å². The highest BCUT2D eigenvalue weighted by atomic mass is 16.3. The first-order chi connectivity index (χ1) is 36.8. The van der Waals surface area contributed by atoms with Crippen molar-refractivity contribution in [3.63, 3.8) is 0 Å². The molecule has 2 aromatic heterocycles. The first-order valence-corrected chi connectivity index (χ1v) is 25.5. The molecule has 6 nitrogen and oxygen atoms in total. The van der Waals surface area contributed by atoms with Crippen molar-refractivity contribution in [3.8, 4) is 0 Å². The van der Waals surface area contributed by atoms with Crippen molar-refractivity contribution in [2.75, 3.05) is 19.6 Å². The monoisotopic (exact) mass is 942 g/mol. The summed E-state index contributed by atoms with van der Waals surface area (Å²) in [5, 5.41) is 4.44. The van der Waals surface area contributed by atoms with Gasteiger partial charge in [-0.25, -0.2) is 0 Å². The standard InChI is InChI=1S/C66H40B2N4O2/c1-3-19-41(20-4-1)69-53-31-17-33-55-63(53)67(47-27-9-11-29-51(47)71(55)57-35-15-25-45-43-23-7-13-37-61(43)73-65(45)57)49-39-50-60(40-59(49)69)70(42-21-5-2-6-22-42)54-32-18-34-56-64(54)68(50)48-28-10-12-30-52(48)72(56)58-36-16-26-46-44-24-8-14-38-62(44)74-66(46)58/h1-40H. The van der Waals surface area contributed by atoms with Crippen molar-refractivity contribution >= 4 is 158 Å². The molecule has 0 saturated heterocycles. The van der Waals surface area contributed by atoms with E-state index in [2.05, 4.69) is 262 Å². The normalized spacial score (nSPS) is 13.8. The molecule has 342 valence electrons. The van der Waals surface area contributed by atoms with E-state index in [4.69, 9.17) is 8.83 Å². The highest BCUT2D eigenvalue weighted by Gasteiger charge is 2.48. The molecule has 11 aromatic carbocycles. The van der Waals surface area contributed by atoms with Gasteiger partial charge < -0.3 is 28.4 Å². The molecule has 0 fully saturated rings. The van der Waals surface area contributed by atoms with Gasteiger partial charge in [0.05, 0.1) is 11.4 Å². The molecule has 8 heteroatoms. The molecule has 0 atom stereocenters. The van der Waals surface area contributed by atoms with Crippen LogP contribution in [0.3, 0.4) is 0 Å². The Morgan fingerprint density at radius 2 is 0.595 bits per heavy atom. The van der Waals surface area contributed by atoms with E-state index in [0.717, 1.165) is 112 Å². The lowest BCUT2D eigenvalue weighted by Crippen LogP contribution is -2.65. The van der Waals surface area contributed by atoms with Gasteiger partial charge in [-0.05, 0) is 124 Å². The summed E-state index contributed by atoms with van der Waals surface area (Å²) in [5.41, 5.74) is 24.5. The van der Waals surface area contributed by atoms with Gasteiger partial charge in [-0.2, -0.15) is 0 Å². The van der Waals surface area contributed by atoms with Crippen LogP contribution in [0.5, 0.6) is 0 Å². The maximum atomic E-state index is 6.82. The Labute approximate surface area is 427 Å². The van der Waals surface area contributed by atoms with Gasteiger partial charge in [-0.15, -0.1) is 0 Å². The van der Waals surface area contributed by atoms with Crippen LogP contribution >= 0.6 is 0 Å². The predicted molar refractivity (Wildman–Crippen MR) is 309 cm³/mol. The Bertz CT molecular complexity index is 4230. The Hall–Kier alpha value is -9.65. The zero-order chi connectivity index (χ0) is 48.2. The summed E-state index contributed by atoms with van der Waals surface area (Å²) in [6.45, 7) is -0.182. The van der Waals surface area contributed by atoms with E-state index in [0.29, 0.717) is 0 Å². The van der Waals surface area contributed by atoms with Gasteiger partial charge in [-0.3, -0.25) is 0 Å². The molecule has 0 radical (unpaired) electrons. The molecule has 13 aromatic rings. The van der Waals surface area contributed by atoms with Crippen LogP contribution in [0.15, 0.2) is 251 Å². The molecule has 4 aliphatic heterocycles. The smallest absolute Gasteiger partial charge is 0.252 e. The summed E-state index contributed by atoms with van der Waals surface area (Å²) in [6.07, 6.45) is 0. The van der Waals surface area contributed by atoms with Crippen molar-refractivity contribution in [1.82, 2.24) is 0 Å². The minimum Gasteiger partial charge on any atom is -0.454 e. The molecule has 0 aliphatic carbocycles. The second-order valence-electron chi connectivity index (χ2n) is 19.9. The minimum atomic E-state index is -0.0911. The van der Waals surface area contributed by atoms with Crippen LogP contribution in [0.25, 0.3) is 43.9 Å². The summed E-state index contributed by atoms with van der Waals surface area (Å²) < 4.78 is 13.6. The maximum Gasteiger partial charge on any atom is 0.252 e. The SMILES string of the molecule is c1ccc(N2c3cc4c(cc3B3c5ccccc5N(c5cccc6c5oc5ccccc56)c5cccc2c53)B2c3ccccc3N(c3cccc5c3oc3ccccc35)c3cccc(c32)N4c2ccccc2)cc1. The lowest BCUT2D eigenvalue weighted by Gasteiger charge is -2.47. The Morgan fingerprint density at radius 3 is 1.07 bits per heavy atom. The van der Waals surface area contributed by atoms with Crippen LogP contribution in [0.2, 0.25) is 0 Å². The third-order valence-corrected chi connectivity index (χ3v) is 16.2. The summed E-state index contributed by atoms with van der Waals surface area (Å²) in [6, 6.07) is 88.6. The number of rotatable bonds is 4. The molecular formula is C66H40B2N4O2. The second kappa shape index (κ2) is 14.9. The number of furan rings is 2. The quantitative estimate of drug-likeness (QED) is 0.164. The first-order valence-electron chi connectivity index (χ1n) is 25.5. The lowest BCUT2D eigenvalue weighted by molar-refractivity contribution is 0.669. The predicted octanol–water partition coefficient (Wildman–Crippen LogP) is 13.7. The number of hydrogen-bond acceptors (Lipinski definition) is 6. The van der Waals surface area contributed by atoms with Crippen LogP contribution in [-0.4, -0.2) is 13.4 Å². The Kier molecular flexibility index (Phi) is 8.08. The summed E-state index contributed by atoms with van der Waals surface area (Å²) in [5.74, 6) is 0. The molecule has 0 saturated carbocycles.